The maximum absolute atomic E-state index is 6.60. The number of furan rings is 2. The molecule has 0 fully saturated rings. The molecule has 6 nitrogen and oxygen atoms in total. The average Bonchev–Trinajstić information content (AvgIpc) is 3.88. The van der Waals surface area contributed by atoms with Gasteiger partial charge in [-0.15, -0.1) is 0 Å². The SMILES string of the molecule is c1ccc(-c2nc(-c3cc(-c4cccc5c4oc4ccccc45)cc(-c4cccc5c4oc4ccccc45)c3)cc(-c3ccc4ccc5cccnc5c4n3)n2)cc1. The van der Waals surface area contributed by atoms with Gasteiger partial charge in [0.05, 0.1) is 28.1 Å². The summed E-state index contributed by atoms with van der Waals surface area (Å²) in [7, 11) is 0. The van der Waals surface area contributed by atoms with Crippen LogP contribution in [0.25, 0.3) is 122 Å². The van der Waals surface area contributed by atoms with Crippen molar-refractivity contribution < 1.29 is 8.83 Å². The van der Waals surface area contributed by atoms with Crippen molar-refractivity contribution in [3.05, 3.63) is 182 Å². The summed E-state index contributed by atoms with van der Waals surface area (Å²) in [5.41, 5.74) is 13.1. The Morgan fingerprint density at radius 1 is 0.345 bits per heavy atom. The van der Waals surface area contributed by atoms with Gasteiger partial charge in [0.2, 0.25) is 0 Å². The highest BCUT2D eigenvalue weighted by Crippen LogP contribution is 2.42. The van der Waals surface area contributed by atoms with Crippen LogP contribution in [0.3, 0.4) is 0 Å². The van der Waals surface area contributed by atoms with Crippen LogP contribution in [0.15, 0.2) is 191 Å². The van der Waals surface area contributed by atoms with Gasteiger partial charge in [0.15, 0.2) is 5.82 Å². The number of aromatic nitrogens is 4. The van der Waals surface area contributed by atoms with E-state index < -0.39 is 0 Å². The van der Waals surface area contributed by atoms with Crippen molar-refractivity contribution >= 4 is 65.7 Å². The molecule has 0 aliphatic rings. The van der Waals surface area contributed by atoms with E-state index in [1.54, 1.807) is 0 Å². The monoisotopic (exact) mass is 742 g/mol. The Morgan fingerprint density at radius 2 is 0.914 bits per heavy atom. The van der Waals surface area contributed by atoms with Crippen molar-refractivity contribution in [1.82, 2.24) is 19.9 Å². The molecule has 0 saturated heterocycles. The molecule has 0 atom stereocenters. The first-order chi connectivity index (χ1) is 28.7. The minimum absolute atomic E-state index is 0.608. The van der Waals surface area contributed by atoms with E-state index >= 15 is 0 Å². The van der Waals surface area contributed by atoms with Gasteiger partial charge in [-0.3, -0.25) is 4.98 Å². The Labute approximate surface area is 331 Å². The summed E-state index contributed by atoms with van der Waals surface area (Å²) < 4.78 is 13.2. The predicted molar refractivity (Wildman–Crippen MR) is 234 cm³/mol. The van der Waals surface area contributed by atoms with Crippen molar-refractivity contribution in [3.8, 4) is 56.3 Å². The maximum Gasteiger partial charge on any atom is 0.160 e. The fraction of sp³-hybridized carbons (Fsp3) is 0. The second kappa shape index (κ2) is 12.8. The highest BCUT2D eigenvalue weighted by molar-refractivity contribution is 6.12. The van der Waals surface area contributed by atoms with E-state index in [4.69, 9.17) is 28.8 Å². The van der Waals surface area contributed by atoms with Crippen molar-refractivity contribution in [2.45, 2.75) is 0 Å². The topological polar surface area (TPSA) is 77.8 Å². The third-order valence-corrected chi connectivity index (χ3v) is 11.1. The number of para-hydroxylation sites is 4. The van der Waals surface area contributed by atoms with Crippen LogP contribution in [0.2, 0.25) is 0 Å². The molecule has 0 spiro atoms. The smallest absolute Gasteiger partial charge is 0.160 e. The Hall–Kier alpha value is -7.96. The maximum atomic E-state index is 6.60. The molecule has 12 aromatic rings. The van der Waals surface area contributed by atoms with Gasteiger partial charge in [0.25, 0.3) is 0 Å². The van der Waals surface area contributed by atoms with Gasteiger partial charge in [-0.05, 0) is 59.7 Å². The first-order valence-electron chi connectivity index (χ1n) is 19.3. The van der Waals surface area contributed by atoms with Gasteiger partial charge < -0.3 is 8.83 Å². The lowest BCUT2D eigenvalue weighted by Crippen LogP contribution is -1.98. The zero-order valence-electron chi connectivity index (χ0n) is 30.9. The van der Waals surface area contributed by atoms with Crippen molar-refractivity contribution in [2.24, 2.45) is 0 Å². The fourth-order valence-electron chi connectivity index (χ4n) is 8.34. The van der Waals surface area contributed by atoms with E-state index in [9.17, 15) is 0 Å². The third kappa shape index (κ3) is 5.20. The van der Waals surface area contributed by atoms with Crippen LogP contribution < -0.4 is 0 Å². The number of hydrogen-bond donors (Lipinski definition) is 0. The molecule has 270 valence electrons. The first kappa shape index (κ1) is 32.3. The predicted octanol–water partition coefficient (Wildman–Crippen LogP) is 13.7. The van der Waals surface area contributed by atoms with Crippen LogP contribution in [0.4, 0.5) is 0 Å². The Bertz CT molecular complexity index is 3450. The summed E-state index contributed by atoms with van der Waals surface area (Å²) in [4.78, 5) is 20.3. The number of rotatable bonds is 5. The Kier molecular flexibility index (Phi) is 7.13. The van der Waals surface area contributed by atoms with E-state index in [1.165, 1.54) is 0 Å². The van der Waals surface area contributed by atoms with Crippen molar-refractivity contribution in [1.29, 1.82) is 0 Å². The lowest BCUT2D eigenvalue weighted by molar-refractivity contribution is 0.670. The minimum atomic E-state index is 0.608. The van der Waals surface area contributed by atoms with Gasteiger partial charge in [0.1, 0.15) is 22.3 Å². The van der Waals surface area contributed by atoms with Crippen molar-refractivity contribution in [3.63, 3.8) is 0 Å². The fourth-order valence-corrected chi connectivity index (χ4v) is 8.34. The highest BCUT2D eigenvalue weighted by atomic mass is 16.3. The molecule has 12 rings (SSSR count). The Balaban J connectivity index is 1.13. The molecule has 0 aliphatic carbocycles. The van der Waals surface area contributed by atoms with Crippen molar-refractivity contribution in [2.75, 3.05) is 0 Å². The van der Waals surface area contributed by atoms with Gasteiger partial charge in [-0.1, -0.05) is 127 Å². The van der Waals surface area contributed by atoms with E-state index in [0.717, 1.165) is 110 Å². The zero-order valence-corrected chi connectivity index (χ0v) is 30.9. The summed E-state index contributed by atoms with van der Waals surface area (Å²) in [6.07, 6.45) is 1.81. The van der Waals surface area contributed by atoms with Crippen LogP contribution in [0.5, 0.6) is 0 Å². The number of pyridine rings is 2. The van der Waals surface area contributed by atoms with E-state index in [0.29, 0.717) is 11.5 Å². The molecule has 7 aromatic carbocycles. The molecule has 5 heterocycles. The van der Waals surface area contributed by atoms with Gasteiger partial charge in [-0.2, -0.15) is 0 Å². The summed E-state index contributed by atoms with van der Waals surface area (Å²) in [5, 5.41) is 6.36. The van der Waals surface area contributed by atoms with E-state index in [2.05, 4.69) is 103 Å². The molecule has 0 amide bonds. The molecular formula is C52H30N4O2. The quantitative estimate of drug-likeness (QED) is 0.163. The second-order valence-corrected chi connectivity index (χ2v) is 14.6. The van der Waals surface area contributed by atoms with Gasteiger partial charge in [0, 0.05) is 60.8 Å². The molecule has 0 aliphatic heterocycles. The lowest BCUT2D eigenvalue weighted by atomic mass is 9.93. The average molecular weight is 743 g/mol. The largest absolute Gasteiger partial charge is 0.455 e. The molecule has 0 unspecified atom stereocenters. The summed E-state index contributed by atoms with van der Waals surface area (Å²) in [5.74, 6) is 0.608. The molecule has 0 bridgehead atoms. The number of hydrogen-bond acceptors (Lipinski definition) is 6. The number of benzene rings is 7. The molecule has 5 aromatic heterocycles. The summed E-state index contributed by atoms with van der Waals surface area (Å²) in [6.45, 7) is 0. The molecule has 58 heavy (non-hydrogen) atoms. The van der Waals surface area contributed by atoms with Crippen LogP contribution in [-0.2, 0) is 0 Å². The van der Waals surface area contributed by atoms with Crippen LogP contribution in [-0.4, -0.2) is 19.9 Å². The summed E-state index contributed by atoms with van der Waals surface area (Å²) in [6, 6.07) is 60.3. The second-order valence-electron chi connectivity index (χ2n) is 14.6. The first-order valence-corrected chi connectivity index (χ1v) is 19.3. The van der Waals surface area contributed by atoms with E-state index in [1.807, 2.05) is 79.0 Å². The van der Waals surface area contributed by atoms with Crippen LogP contribution >= 0.6 is 0 Å². The minimum Gasteiger partial charge on any atom is -0.455 e. The normalized spacial score (nSPS) is 11.8. The lowest BCUT2D eigenvalue weighted by Gasteiger charge is -2.14. The molecule has 0 saturated carbocycles. The molecule has 0 radical (unpaired) electrons. The number of fused-ring (bicyclic) bond motifs is 9. The molecular weight excluding hydrogens is 713 g/mol. The zero-order chi connectivity index (χ0) is 38.2. The van der Waals surface area contributed by atoms with Gasteiger partial charge in [-0.25, -0.2) is 15.0 Å². The van der Waals surface area contributed by atoms with Crippen LogP contribution in [0, 0.1) is 0 Å². The highest BCUT2D eigenvalue weighted by Gasteiger charge is 2.19. The molecule has 0 N–H and O–H groups in total. The Morgan fingerprint density at radius 3 is 1.60 bits per heavy atom. The van der Waals surface area contributed by atoms with Gasteiger partial charge >= 0.3 is 0 Å². The number of nitrogens with zero attached hydrogens (tertiary/aromatic N) is 4. The molecule has 6 heteroatoms. The summed E-state index contributed by atoms with van der Waals surface area (Å²) >= 11 is 0. The van der Waals surface area contributed by atoms with E-state index in [-0.39, 0.29) is 0 Å². The standard InChI is InChI=1S/C52H30N4O2/c1-2-11-33(12-3-1)52-55-44(30-45(56-52)43-25-24-32-23-22-31-13-10-26-53-48(31)49(32)54-43)36-28-34(37-16-8-18-41-39-14-4-6-20-46(39)57-50(37)41)27-35(29-36)38-17-9-19-42-40-15-5-7-21-47(40)58-51(38)42/h1-30H. The third-order valence-electron chi connectivity index (χ3n) is 11.1. The van der Waals surface area contributed by atoms with Crippen LogP contribution in [0.1, 0.15) is 0 Å².